The Kier molecular flexibility index (Phi) is 5.60. The number of amides is 1. The average molecular weight is 402 g/mol. The Labute approximate surface area is 158 Å². The zero-order valence-corrected chi connectivity index (χ0v) is 14.9. The Morgan fingerprint density at radius 2 is 1.81 bits per heavy atom. The zero-order valence-electron chi connectivity index (χ0n) is 14.1. The van der Waals surface area contributed by atoms with Crippen LogP contribution >= 0.6 is 11.6 Å². The molecule has 0 N–H and O–H groups in total. The minimum Gasteiger partial charge on any atom is -0.406 e. The highest BCUT2D eigenvalue weighted by molar-refractivity contribution is 6.31. The highest BCUT2D eigenvalue weighted by atomic mass is 35.5. The van der Waals surface area contributed by atoms with Crippen LogP contribution in [-0.2, 0) is 17.8 Å². The van der Waals surface area contributed by atoms with Gasteiger partial charge >= 0.3 is 6.36 Å². The maximum absolute atomic E-state index is 14.0. The predicted octanol–water partition coefficient (Wildman–Crippen LogP) is 5.11. The van der Waals surface area contributed by atoms with E-state index in [1.807, 2.05) is 0 Å². The van der Waals surface area contributed by atoms with E-state index < -0.39 is 12.2 Å². The quantitative estimate of drug-likeness (QED) is 0.629. The van der Waals surface area contributed by atoms with Gasteiger partial charge in [0, 0.05) is 16.6 Å². The molecule has 1 aliphatic rings. The Bertz CT molecular complexity index is 799. The van der Waals surface area contributed by atoms with Crippen molar-refractivity contribution in [1.82, 2.24) is 4.90 Å². The van der Waals surface area contributed by atoms with Crippen LogP contribution in [0.3, 0.4) is 0 Å². The molecule has 0 saturated heterocycles. The Morgan fingerprint density at radius 1 is 1.15 bits per heavy atom. The van der Waals surface area contributed by atoms with Crippen molar-refractivity contribution in [3.63, 3.8) is 0 Å². The SMILES string of the molecule is O=C(Cc1ccc(OC(F)(F)F)cc1)N(Cc1c(F)cccc1Cl)C1CC1. The molecule has 1 fully saturated rings. The summed E-state index contributed by atoms with van der Waals surface area (Å²) >= 11 is 6.05. The van der Waals surface area contributed by atoms with E-state index >= 15 is 0 Å². The van der Waals surface area contributed by atoms with E-state index in [1.54, 1.807) is 11.0 Å². The first-order valence-electron chi connectivity index (χ1n) is 8.30. The van der Waals surface area contributed by atoms with Gasteiger partial charge in [0.2, 0.25) is 5.91 Å². The van der Waals surface area contributed by atoms with Gasteiger partial charge in [-0.2, -0.15) is 0 Å². The molecule has 144 valence electrons. The molecule has 1 saturated carbocycles. The number of hydrogen-bond acceptors (Lipinski definition) is 2. The molecule has 8 heteroatoms. The van der Waals surface area contributed by atoms with Crippen molar-refractivity contribution in [2.75, 3.05) is 0 Å². The third-order valence-electron chi connectivity index (χ3n) is 4.21. The molecule has 0 aromatic heterocycles. The summed E-state index contributed by atoms with van der Waals surface area (Å²) in [6.07, 6.45) is -3.11. The van der Waals surface area contributed by atoms with E-state index in [4.69, 9.17) is 11.6 Å². The van der Waals surface area contributed by atoms with Crippen molar-refractivity contribution in [2.24, 2.45) is 0 Å². The maximum atomic E-state index is 14.0. The normalized spacial score (nSPS) is 14.1. The van der Waals surface area contributed by atoms with Crippen LogP contribution in [0, 0.1) is 5.82 Å². The van der Waals surface area contributed by atoms with Gasteiger partial charge in [-0.3, -0.25) is 4.79 Å². The average Bonchev–Trinajstić information content (AvgIpc) is 3.40. The summed E-state index contributed by atoms with van der Waals surface area (Å²) in [7, 11) is 0. The Hall–Kier alpha value is -2.28. The van der Waals surface area contributed by atoms with E-state index in [-0.39, 0.29) is 41.3 Å². The second-order valence-corrected chi connectivity index (χ2v) is 6.73. The third kappa shape index (κ3) is 5.35. The molecule has 0 aliphatic heterocycles. The van der Waals surface area contributed by atoms with Gasteiger partial charge < -0.3 is 9.64 Å². The molecule has 0 bridgehead atoms. The molecule has 27 heavy (non-hydrogen) atoms. The lowest BCUT2D eigenvalue weighted by Gasteiger charge is -2.23. The van der Waals surface area contributed by atoms with Crippen molar-refractivity contribution in [3.05, 3.63) is 64.4 Å². The fourth-order valence-electron chi connectivity index (χ4n) is 2.75. The number of ether oxygens (including phenoxy) is 1. The van der Waals surface area contributed by atoms with Gasteiger partial charge in [-0.1, -0.05) is 29.8 Å². The first-order chi connectivity index (χ1) is 12.7. The van der Waals surface area contributed by atoms with Gasteiger partial charge in [0.05, 0.1) is 13.0 Å². The van der Waals surface area contributed by atoms with Crippen molar-refractivity contribution in [2.45, 2.75) is 38.2 Å². The smallest absolute Gasteiger partial charge is 0.406 e. The van der Waals surface area contributed by atoms with Gasteiger partial charge in [-0.25, -0.2) is 4.39 Å². The van der Waals surface area contributed by atoms with Crippen molar-refractivity contribution >= 4 is 17.5 Å². The van der Waals surface area contributed by atoms with Crippen LogP contribution in [0.1, 0.15) is 24.0 Å². The number of halogens is 5. The number of alkyl halides is 3. The number of benzene rings is 2. The molecule has 3 rings (SSSR count). The molecule has 0 atom stereocenters. The van der Waals surface area contributed by atoms with Crippen LogP contribution in [0.25, 0.3) is 0 Å². The van der Waals surface area contributed by atoms with Crippen molar-refractivity contribution in [1.29, 1.82) is 0 Å². The monoisotopic (exact) mass is 401 g/mol. The van der Waals surface area contributed by atoms with E-state index in [0.29, 0.717) is 5.56 Å². The van der Waals surface area contributed by atoms with Crippen LogP contribution < -0.4 is 4.74 Å². The first kappa shape index (κ1) is 19.5. The topological polar surface area (TPSA) is 29.5 Å². The lowest BCUT2D eigenvalue weighted by atomic mass is 10.1. The van der Waals surface area contributed by atoms with Gasteiger partial charge in [0.25, 0.3) is 0 Å². The molecule has 1 aliphatic carbocycles. The van der Waals surface area contributed by atoms with Crippen molar-refractivity contribution in [3.8, 4) is 5.75 Å². The summed E-state index contributed by atoms with van der Waals surface area (Å²) in [6, 6.07) is 9.50. The highest BCUT2D eigenvalue weighted by Gasteiger charge is 2.33. The van der Waals surface area contributed by atoms with Crippen LogP contribution in [-0.4, -0.2) is 23.2 Å². The number of carbonyl (C=O) groups excluding carboxylic acids is 1. The van der Waals surface area contributed by atoms with Crippen LogP contribution in [0.5, 0.6) is 5.75 Å². The largest absolute Gasteiger partial charge is 0.573 e. The van der Waals surface area contributed by atoms with Gasteiger partial charge in [0.15, 0.2) is 0 Å². The second kappa shape index (κ2) is 7.76. The fourth-order valence-corrected chi connectivity index (χ4v) is 2.97. The summed E-state index contributed by atoms with van der Waals surface area (Å²) in [5, 5.41) is 0.252. The third-order valence-corrected chi connectivity index (χ3v) is 4.56. The summed E-state index contributed by atoms with van der Waals surface area (Å²) in [5.41, 5.74) is 0.799. The molecule has 0 radical (unpaired) electrons. The van der Waals surface area contributed by atoms with Crippen LogP contribution in [0.15, 0.2) is 42.5 Å². The molecular weight excluding hydrogens is 386 g/mol. The summed E-state index contributed by atoms with van der Waals surface area (Å²) in [4.78, 5) is 14.3. The van der Waals surface area contributed by atoms with Crippen molar-refractivity contribution < 1.29 is 27.1 Å². The number of carbonyl (C=O) groups is 1. The summed E-state index contributed by atoms with van der Waals surface area (Å²) in [6.45, 7) is 0.0598. The van der Waals surface area contributed by atoms with E-state index in [2.05, 4.69) is 4.74 Å². The molecular formula is C19H16ClF4NO2. The Morgan fingerprint density at radius 3 is 2.37 bits per heavy atom. The number of hydrogen-bond donors (Lipinski definition) is 0. The molecule has 0 heterocycles. The standard InChI is InChI=1S/C19H16ClF4NO2/c20-16-2-1-3-17(21)15(16)11-25(13-6-7-13)18(26)10-12-4-8-14(9-5-12)27-19(22,23)24/h1-5,8-9,13H,6-7,10-11H2. The van der Waals surface area contributed by atoms with Crippen LogP contribution in [0.4, 0.5) is 17.6 Å². The number of rotatable bonds is 6. The van der Waals surface area contributed by atoms with Gasteiger partial charge in [-0.05, 0) is 42.7 Å². The number of nitrogens with zero attached hydrogens (tertiary/aromatic N) is 1. The summed E-state index contributed by atoms with van der Waals surface area (Å²) < 4.78 is 54.5. The van der Waals surface area contributed by atoms with E-state index in [1.165, 1.54) is 24.3 Å². The molecule has 1 amide bonds. The molecule has 2 aromatic carbocycles. The van der Waals surface area contributed by atoms with E-state index in [0.717, 1.165) is 25.0 Å². The highest BCUT2D eigenvalue weighted by Crippen LogP contribution is 2.31. The molecule has 3 nitrogen and oxygen atoms in total. The molecule has 0 spiro atoms. The lowest BCUT2D eigenvalue weighted by Crippen LogP contribution is -2.34. The minimum atomic E-state index is -4.76. The summed E-state index contributed by atoms with van der Waals surface area (Å²) in [5.74, 6) is -1.06. The lowest BCUT2D eigenvalue weighted by molar-refractivity contribution is -0.274. The minimum absolute atomic E-state index is 0.00509. The molecule has 0 unspecified atom stereocenters. The fraction of sp³-hybridized carbons (Fsp3) is 0.316. The van der Waals surface area contributed by atoms with Gasteiger partial charge in [0.1, 0.15) is 11.6 Å². The second-order valence-electron chi connectivity index (χ2n) is 6.32. The molecule has 2 aromatic rings. The van der Waals surface area contributed by atoms with E-state index in [9.17, 15) is 22.4 Å². The van der Waals surface area contributed by atoms with Crippen LogP contribution in [0.2, 0.25) is 5.02 Å². The predicted molar refractivity (Wildman–Crippen MR) is 91.8 cm³/mol. The Balaban J connectivity index is 1.69. The first-order valence-corrected chi connectivity index (χ1v) is 8.68. The van der Waals surface area contributed by atoms with Gasteiger partial charge in [-0.15, -0.1) is 13.2 Å². The maximum Gasteiger partial charge on any atom is 0.573 e. The zero-order chi connectivity index (χ0) is 19.6.